The first kappa shape index (κ1) is 15.8. The summed E-state index contributed by atoms with van der Waals surface area (Å²) >= 11 is 0. The zero-order valence-corrected chi connectivity index (χ0v) is 11.9. The van der Waals surface area contributed by atoms with E-state index in [1.54, 1.807) is 6.92 Å². The Morgan fingerprint density at radius 1 is 1.47 bits per heavy atom. The molecule has 0 radical (unpaired) electrons. The molecule has 19 heavy (non-hydrogen) atoms. The van der Waals surface area contributed by atoms with Crippen LogP contribution in [-0.2, 0) is 11.3 Å². The fourth-order valence-electron chi connectivity index (χ4n) is 1.63. The van der Waals surface area contributed by atoms with Gasteiger partial charge in [-0.25, -0.2) is 0 Å². The van der Waals surface area contributed by atoms with Crippen molar-refractivity contribution in [2.24, 2.45) is 11.7 Å². The molecule has 0 aromatic heterocycles. The first-order valence-electron chi connectivity index (χ1n) is 6.41. The summed E-state index contributed by atoms with van der Waals surface area (Å²) < 4.78 is 5.77. The van der Waals surface area contributed by atoms with Crippen molar-refractivity contribution in [1.29, 1.82) is 0 Å². The predicted molar refractivity (Wildman–Crippen MR) is 77.4 cm³/mol. The highest BCUT2D eigenvalue weighted by Crippen LogP contribution is 2.30. The molecule has 1 aliphatic rings. The van der Waals surface area contributed by atoms with E-state index in [-0.39, 0.29) is 18.3 Å². The van der Waals surface area contributed by atoms with E-state index >= 15 is 0 Å². The van der Waals surface area contributed by atoms with Gasteiger partial charge < -0.3 is 15.8 Å². The van der Waals surface area contributed by atoms with Crippen LogP contribution in [0, 0.1) is 5.92 Å². The number of halogens is 1. The van der Waals surface area contributed by atoms with E-state index < -0.39 is 6.04 Å². The van der Waals surface area contributed by atoms with Gasteiger partial charge in [-0.1, -0.05) is 18.2 Å². The molecule has 1 amide bonds. The summed E-state index contributed by atoms with van der Waals surface area (Å²) in [7, 11) is 0. The summed E-state index contributed by atoms with van der Waals surface area (Å²) in [6.07, 6.45) is 2.53. The highest BCUT2D eigenvalue weighted by atomic mass is 35.5. The lowest BCUT2D eigenvalue weighted by atomic mass is 10.2. The van der Waals surface area contributed by atoms with Gasteiger partial charge in [0.2, 0.25) is 5.91 Å². The zero-order chi connectivity index (χ0) is 13.0. The van der Waals surface area contributed by atoms with Gasteiger partial charge in [-0.3, -0.25) is 4.79 Å². The lowest BCUT2D eigenvalue weighted by Crippen LogP contribution is -2.37. The number of carbonyl (C=O) groups is 1. The number of rotatable bonds is 6. The van der Waals surface area contributed by atoms with Crippen LogP contribution < -0.4 is 15.8 Å². The molecule has 1 aromatic rings. The second kappa shape index (κ2) is 7.36. The fraction of sp³-hybridized carbons (Fsp3) is 0.500. The average Bonchev–Trinajstić information content (AvgIpc) is 3.18. The van der Waals surface area contributed by atoms with E-state index in [9.17, 15) is 4.79 Å². The van der Waals surface area contributed by atoms with E-state index in [0.29, 0.717) is 6.54 Å². The molecule has 4 nitrogen and oxygen atoms in total. The number of amides is 1. The number of hydrogen-bond donors (Lipinski definition) is 2. The lowest BCUT2D eigenvalue weighted by Gasteiger charge is -2.12. The standard InChI is InChI=1S/C14H20N2O2.ClH/c1-10(15)14(17)16-8-12-4-2-3-5-13(12)18-9-11-6-7-11;/h2-5,10-11H,6-9,15H2,1H3,(H,16,17);1H/t10-;/m1./s1. The first-order valence-corrected chi connectivity index (χ1v) is 6.41. The molecule has 106 valence electrons. The summed E-state index contributed by atoms with van der Waals surface area (Å²) in [6, 6.07) is 7.31. The van der Waals surface area contributed by atoms with Crippen LogP contribution in [-0.4, -0.2) is 18.6 Å². The lowest BCUT2D eigenvalue weighted by molar-refractivity contribution is -0.122. The minimum absolute atomic E-state index is 0. The van der Waals surface area contributed by atoms with Gasteiger partial charge >= 0.3 is 0 Å². The molecule has 0 unspecified atom stereocenters. The molecule has 1 atom stereocenters. The number of nitrogens with two attached hydrogens (primary N) is 1. The van der Waals surface area contributed by atoms with Crippen molar-refractivity contribution in [3.8, 4) is 5.75 Å². The van der Waals surface area contributed by atoms with Crippen LogP contribution in [0.15, 0.2) is 24.3 Å². The van der Waals surface area contributed by atoms with Crippen molar-refractivity contribution in [2.75, 3.05) is 6.61 Å². The Hall–Kier alpha value is -1.26. The molecule has 0 heterocycles. The van der Waals surface area contributed by atoms with Gasteiger partial charge in [0.1, 0.15) is 5.75 Å². The number of carbonyl (C=O) groups excluding carboxylic acids is 1. The molecule has 0 aliphatic heterocycles. The first-order chi connectivity index (χ1) is 8.66. The van der Waals surface area contributed by atoms with Crippen LogP contribution in [0.3, 0.4) is 0 Å². The Balaban J connectivity index is 0.00000180. The smallest absolute Gasteiger partial charge is 0.236 e. The fourth-order valence-corrected chi connectivity index (χ4v) is 1.63. The Bertz CT molecular complexity index is 420. The van der Waals surface area contributed by atoms with Gasteiger partial charge in [0, 0.05) is 12.1 Å². The summed E-state index contributed by atoms with van der Waals surface area (Å²) in [5.74, 6) is 1.43. The molecule has 2 rings (SSSR count). The number of para-hydroxylation sites is 1. The van der Waals surface area contributed by atoms with Gasteiger partial charge in [0.15, 0.2) is 0 Å². The van der Waals surface area contributed by atoms with Crippen LogP contribution in [0.1, 0.15) is 25.3 Å². The summed E-state index contributed by atoms with van der Waals surface area (Å²) in [6.45, 7) is 2.91. The largest absolute Gasteiger partial charge is 0.493 e. The van der Waals surface area contributed by atoms with Crippen molar-refractivity contribution >= 4 is 18.3 Å². The molecule has 1 saturated carbocycles. The van der Waals surface area contributed by atoms with E-state index in [0.717, 1.165) is 23.8 Å². The Kier molecular flexibility index (Phi) is 6.12. The maximum atomic E-state index is 11.4. The van der Waals surface area contributed by atoms with Crippen LogP contribution >= 0.6 is 12.4 Å². The third kappa shape index (κ3) is 5.09. The monoisotopic (exact) mass is 284 g/mol. The molecule has 1 aliphatic carbocycles. The number of nitrogens with one attached hydrogen (secondary N) is 1. The van der Waals surface area contributed by atoms with Crippen molar-refractivity contribution in [2.45, 2.75) is 32.4 Å². The third-order valence-corrected chi connectivity index (χ3v) is 3.01. The minimum atomic E-state index is -0.482. The van der Waals surface area contributed by atoms with Gasteiger partial charge in [0.25, 0.3) is 0 Å². The Morgan fingerprint density at radius 3 is 2.79 bits per heavy atom. The van der Waals surface area contributed by atoms with E-state index in [4.69, 9.17) is 10.5 Å². The second-order valence-electron chi connectivity index (χ2n) is 4.87. The minimum Gasteiger partial charge on any atom is -0.493 e. The zero-order valence-electron chi connectivity index (χ0n) is 11.1. The Labute approximate surface area is 120 Å². The van der Waals surface area contributed by atoms with Crippen LogP contribution in [0.25, 0.3) is 0 Å². The summed E-state index contributed by atoms with van der Waals surface area (Å²) in [5.41, 5.74) is 6.49. The van der Waals surface area contributed by atoms with Crippen molar-refractivity contribution in [3.05, 3.63) is 29.8 Å². The molecule has 0 saturated heterocycles. The molecule has 1 fully saturated rings. The average molecular weight is 285 g/mol. The quantitative estimate of drug-likeness (QED) is 0.838. The predicted octanol–water partition coefficient (Wildman–Crippen LogP) is 1.86. The van der Waals surface area contributed by atoms with E-state index in [1.807, 2.05) is 24.3 Å². The van der Waals surface area contributed by atoms with E-state index in [1.165, 1.54) is 12.8 Å². The number of ether oxygens (including phenoxy) is 1. The highest BCUT2D eigenvalue weighted by Gasteiger charge is 2.22. The normalized spacial score (nSPS) is 15.3. The molecular formula is C14H21ClN2O2. The molecular weight excluding hydrogens is 264 g/mol. The van der Waals surface area contributed by atoms with Gasteiger partial charge in [-0.15, -0.1) is 12.4 Å². The molecule has 1 aromatic carbocycles. The molecule has 5 heteroatoms. The number of benzene rings is 1. The van der Waals surface area contributed by atoms with Crippen LogP contribution in [0.5, 0.6) is 5.75 Å². The van der Waals surface area contributed by atoms with Gasteiger partial charge in [-0.05, 0) is 31.7 Å². The van der Waals surface area contributed by atoms with Crippen molar-refractivity contribution < 1.29 is 9.53 Å². The van der Waals surface area contributed by atoms with Crippen molar-refractivity contribution in [1.82, 2.24) is 5.32 Å². The summed E-state index contributed by atoms with van der Waals surface area (Å²) in [4.78, 5) is 11.4. The molecule has 0 spiro atoms. The maximum Gasteiger partial charge on any atom is 0.236 e. The highest BCUT2D eigenvalue weighted by molar-refractivity contribution is 5.85. The van der Waals surface area contributed by atoms with Crippen molar-refractivity contribution in [3.63, 3.8) is 0 Å². The Morgan fingerprint density at radius 2 is 2.16 bits per heavy atom. The topological polar surface area (TPSA) is 64.4 Å². The van der Waals surface area contributed by atoms with Crippen LogP contribution in [0.4, 0.5) is 0 Å². The molecule has 3 N–H and O–H groups in total. The third-order valence-electron chi connectivity index (χ3n) is 3.01. The maximum absolute atomic E-state index is 11.4. The van der Waals surface area contributed by atoms with Gasteiger partial charge in [0.05, 0.1) is 12.6 Å². The molecule has 0 bridgehead atoms. The SMILES string of the molecule is C[C@@H](N)C(=O)NCc1ccccc1OCC1CC1.Cl. The van der Waals surface area contributed by atoms with E-state index in [2.05, 4.69) is 5.32 Å². The summed E-state index contributed by atoms with van der Waals surface area (Å²) in [5, 5.41) is 2.80. The number of hydrogen-bond acceptors (Lipinski definition) is 3. The second-order valence-corrected chi connectivity index (χ2v) is 4.87. The van der Waals surface area contributed by atoms with Crippen LogP contribution in [0.2, 0.25) is 0 Å². The van der Waals surface area contributed by atoms with Gasteiger partial charge in [-0.2, -0.15) is 0 Å².